The Morgan fingerprint density at radius 2 is 2.27 bits per heavy atom. The third kappa shape index (κ3) is 1.81. The maximum Gasteiger partial charge on any atom is 0.161 e. The summed E-state index contributed by atoms with van der Waals surface area (Å²) in [5.41, 5.74) is 1.00. The third-order valence-electron chi connectivity index (χ3n) is 2.12. The zero-order valence-electron chi connectivity index (χ0n) is 8.81. The van der Waals surface area contributed by atoms with Crippen LogP contribution in [0.2, 0.25) is 0 Å². The summed E-state index contributed by atoms with van der Waals surface area (Å²) in [4.78, 5) is 8.39. The molecule has 0 aliphatic carbocycles. The van der Waals surface area contributed by atoms with Gasteiger partial charge in [-0.1, -0.05) is 0 Å². The maximum absolute atomic E-state index is 4.21. The largest absolute Gasteiger partial charge is 0.370 e. The summed E-state index contributed by atoms with van der Waals surface area (Å²) < 4.78 is 1.73. The second-order valence-corrected chi connectivity index (χ2v) is 3.15. The van der Waals surface area contributed by atoms with E-state index < -0.39 is 0 Å². The first-order valence-corrected chi connectivity index (χ1v) is 4.88. The van der Waals surface area contributed by atoms with E-state index >= 15 is 0 Å². The summed E-state index contributed by atoms with van der Waals surface area (Å²) in [7, 11) is 0. The Morgan fingerprint density at radius 1 is 1.40 bits per heavy atom. The molecule has 15 heavy (non-hydrogen) atoms. The summed E-state index contributed by atoms with van der Waals surface area (Å²) in [5.74, 6) is 1.67. The number of rotatable bonds is 3. The van der Waals surface area contributed by atoms with Crippen molar-refractivity contribution in [2.24, 2.45) is 0 Å². The van der Waals surface area contributed by atoms with Gasteiger partial charge in [-0.05, 0) is 19.9 Å². The molecule has 0 aliphatic heterocycles. The molecule has 0 saturated carbocycles. The first-order valence-electron chi connectivity index (χ1n) is 4.88. The summed E-state index contributed by atoms with van der Waals surface area (Å²) in [6, 6.07) is 1.87. The lowest BCUT2D eigenvalue weighted by atomic mass is 10.3. The molecule has 78 valence electrons. The molecule has 2 heterocycles. The smallest absolute Gasteiger partial charge is 0.161 e. The van der Waals surface area contributed by atoms with Crippen molar-refractivity contribution < 1.29 is 0 Å². The Labute approximate surface area is 88.2 Å². The fourth-order valence-electron chi connectivity index (χ4n) is 1.41. The second kappa shape index (κ2) is 4.08. The molecule has 0 saturated heterocycles. The molecule has 2 aromatic heterocycles. The average molecular weight is 203 g/mol. The van der Waals surface area contributed by atoms with E-state index in [2.05, 4.69) is 20.4 Å². The van der Waals surface area contributed by atoms with Crippen molar-refractivity contribution in [1.29, 1.82) is 0 Å². The summed E-state index contributed by atoms with van der Waals surface area (Å²) >= 11 is 0. The van der Waals surface area contributed by atoms with Crippen LogP contribution in [0.3, 0.4) is 0 Å². The van der Waals surface area contributed by atoms with Crippen molar-refractivity contribution in [3.05, 3.63) is 30.4 Å². The van der Waals surface area contributed by atoms with Gasteiger partial charge in [0.1, 0.15) is 12.1 Å². The van der Waals surface area contributed by atoms with Crippen molar-refractivity contribution in [3.8, 4) is 5.82 Å². The molecule has 0 aliphatic rings. The van der Waals surface area contributed by atoms with Gasteiger partial charge in [0, 0.05) is 24.5 Å². The predicted molar refractivity (Wildman–Crippen MR) is 58.1 cm³/mol. The molecule has 0 spiro atoms. The Balaban J connectivity index is 2.45. The highest BCUT2D eigenvalue weighted by molar-refractivity contribution is 5.50. The number of nitrogens with zero attached hydrogens (tertiary/aromatic N) is 4. The van der Waals surface area contributed by atoms with E-state index in [4.69, 9.17) is 0 Å². The van der Waals surface area contributed by atoms with E-state index in [1.807, 2.05) is 26.1 Å². The number of hydrogen-bond donors (Lipinski definition) is 1. The predicted octanol–water partition coefficient (Wildman–Crippen LogP) is 1.40. The highest BCUT2D eigenvalue weighted by Crippen LogP contribution is 2.16. The normalized spacial score (nSPS) is 10.3. The van der Waals surface area contributed by atoms with E-state index in [9.17, 15) is 0 Å². The molecule has 2 aromatic rings. The van der Waals surface area contributed by atoms with Crippen LogP contribution in [0.4, 0.5) is 5.82 Å². The standard InChI is InChI=1S/C10H13N5/c1-3-11-9-8(2)10(13-7-12-9)15-6-4-5-14-15/h4-7H,3H2,1-2H3,(H,11,12,13). The van der Waals surface area contributed by atoms with Crippen LogP contribution in [0.25, 0.3) is 5.82 Å². The lowest BCUT2D eigenvalue weighted by molar-refractivity contribution is 0.829. The molecule has 5 nitrogen and oxygen atoms in total. The molecule has 0 radical (unpaired) electrons. The molecule has 1 N–H and O–H groups in total. The first kappa shape index (κ1) is 9.64. The van der Waals surface area contributed by atoms with Crippen LogP contribution in [0, 0.1) is 6.92 Å². The van der Waals surface area contributed by atoms with Crippen LogP contribution >= 0.6 is 0 Å². The Bertz CT molecular complexity index is 435. The van der Waals surface area contributed by atoms with Crippen molar-refractivity contribution in [1.82, 2.24) is 19.7 Å². The van der Waals surface area contributed by atoms with Crippen molar-refractivity contribution in [3.63, 3.8) is 0 Å². The first-order chi connectivity index (χ1) is 7.33. The Hall–Kier alpha value is -1.91. The molecule has 0 amide bonds. The molecule has 0 fully saturated rings. The summed E-state index contributed by atoms with van der Waals surface area (Å²) in [5, 5.41) is 7.33. The van der Waals surface area contributed by atoms with Crippen LogP contribution in [-0.4, -0.2) is 26.3 Å². The minimum Gasteiger partial charge on any atom is -0.370 e. The van der Waals surface area contributed by atoms with Crippen LogP contribution in [0.1, 0.15) is 12.5 Å². The van der Waals surface area contributed by atoms with Gasteiger partial charge in [-0.15, -0.1) is 0 Å². The van der Waals surface area contributed by atoms with Crippen molar-refractivity contribution in [2.45, 2.75) is 13.8 Å². The molecule has 0 unspecified atom stereocenters. The van der Waals surface area contributed by atoms with Gasteiger partial charge in [-0.3, -0.25) is 0 Å². The minimum absolute atomic E-state index is 0.811. The molecule has 0 aromatic carbocycles. The lowest BCUT2D eigenvalue weighted by Gasteiger charge is -2.09. The Morgan fingerprint density at radius 3 is 2.93 bits per heavy atom. The van der Waals surface area contributed by atoms with Crippen LogP contribution in [-0.2, 0) is 0 Å². The van der Waals surface area contributed by atoms with Gasteiger partial charge in [0.15, 0.2) is 5.82 Å². The minimum atomic E-state index is 0.811. The second-order valence-electron chi connectivity index (χ2n) is 3.15. The number of aromatic nitrogens is 4. The maximum atomic E-state index is 4.21. The highest BCUT2D eigenvalue weighted by atomic mass is 15.3. The van der Waals surface area contributed by atoms with Gasteiger partial charge in [0.05, 0.1) is 0 Å². The van der Waals surface area contributed by atoms with E-state index in [-0.39, 0.29) is 0 Å². The SMILES string of the molecule is CCNc1ncnc(-n2cccn2)c1C. The highest BCUT2D eigenvalue weighted by Gasteiger charge is 2.07. The number of anilines is 1. The Kier molecular flexibility index (Phi) is 2.62. The zero-order valence-corrected chi connectivity index (χ0v) is 8.81. The summed E-state index contributed by atoms with van der Waals surface area (Å²) in [6.07, 6.45) is 5.14. The van der Waals surface area contributed by atoms with Gasteiger partial charge < -0.3 is 5.32 Å². The average Bonchev–Trinajstić information content (AvgIpc) is 2.74. The van der Waals surface area contributed by atoms with Gasteiger partial charge in [-0.25, -0.2) is 14.6 Å². The van der Waals surface area contributed by atoms with Crippen LogP contribution in [0.15, 0.2) is 24.8 Å². The molecular weight excluding hydrogens is 190 g/mol. The van der Waals surface area contributed by atoms with E-state index in [0.29, 0.717) is 0 Å². The quantitative estimate of drug-likeness (QED) is 0.819. The van der Waals surface area contributed by atoms with Gasteiger partial charge in [0.25, 0.3) is 0 Å². The molecule has 5 heteroatoms. The van der Waals surface area contributed by atoms with Gasteiger partial charge in [0.2, 0.25) is 0 Å². The molecule has 0 atom stereocenters. The van der Waals surface area contributed by atoms with Gasteiger partial charge in [-0.2, -0.15) is 5.10 Å². The van der Waals surface area contributed by atoms with Crippen LogP contribution < -0.4 is 5.32 Å². The number of nitrogens with one attached hydrogen (secondary N) is 1. The monoisotopic (exact) mass is 203 g/mol. The lowest BCUT2D eigenvalue weighted by Crippen LogP contribution is -2.07. The van der Waals surface area contributed by atoms with E-state index in [1.165, 1.54) is 0 Å². The van der Waals surface area contributed by atoms with Gasteiger partial charge >= 0.3 is 0 Å². The topological polar surface area (TPSA) is 55.6 Å². The third-order valence-corrected chi connectivity index (χ3v) is 2.12. The number of hydrogen-bond acceptors (Lipinski definition) is 4. The molecule has 0 bridgehead atoms. The molecular formula is C10H13N5. The summed E-state index contributed by atoms with van der Waals surface area (Å²) in [6.45, 7) is 4.86. The van der Waals surface area contributed by atoms with E-state index in [1.54, 1.807) is 17.2 Å². The zero-order chi connectivity index (χ0) is 10.7. The fourth-order valence-corrected chi connectivity index (χ4v) is 1.41. The van der Waals surface area contributed by atoms with Crippen molar-refractivity contribution >= 4 is 5.82 Å². The van der Waals surface area contributed by atoms with Crippen LogP contribution in [0.5, 0.6) is 0 Å². The molecule has 2 rings (SSSR count). The van der Waals surface area contributed by atoms with Crippen molar-refractivity contribution in [2.75, 3.05) is 11.9 Å². The van der Waals surface area contributed by atoms with E-state index in [0.717, 1.165) is 23.7 Å². The fraction of sp³-hybridized carbons (Fsp3) is 0.300.